The quantitative estimate of drug-likeness (QED) is 0.941. The zero-order valence-corrected chi connectivity index (χ0v) is 13.3. The van der Waals surface area contributed by atoms with Crippen LogP contribution in [0.25, 0.3) is 0 Å². The molecule has 0 aromatic heterocycles. The minimum Gasteiger partial charge on any atom is -0.482 e. The molecule has 0 radical (unpaired) electrons. The van der Waals surface area contributed by atoms with E-state index >= 15 is 0 Å². The van der Waals surface area contributed by atoms with Crippen LogP contribution in [0.1, 0.15) is 5.56 Å². The number of carbonyl (C=O) groups is 2. The van der Waals surface area contributed by atoms with Crippen molar-refractivity contribution in [1.82, 2.24) is 0 Å². The van der Waals surface area contributed by atoms with Crippen LogP contribution in [0.15, 0.2) is 42.5 Å². The molecule has 5 nitrogen and oxygen atoms in total. The Labute approximate surface area is 138 Å². The lowest BCUT2D eigenvalue weighted by molar-refractivity contribution is -0.123. The van der Waals surface area contributed by atoms with Gasteiger partial charge in [-0.25, -0.2) is 0 Å². The summed E-state index contributed by atoms with van der Waals surface area (Å²) in [5.74, 6) is 0.0564. The van der Waals surface area contributed by atoms with Gasteiger partial charge in [0.05, 0.1) is 5.69 Å². The average Bonchev–Trinajstić information content (AvgIpc) is 2.54. The van der Waals surface area contributed by atoms with E-state index in [1.54, 1.807) is 36.4 Å². The fourth-order valence-electron chi connectivity index (χ4n) is 2.40. The van der Waals surface area contributed by atoms with E-state index in [1.165, 1.54) is 4.90 Å². The first-order valence-electron chi connectivity index (χ1n) is 7.13. The Morgan fingerprint density at radius 1 is 1.26 bits per heavy atom. The van der Waals surface area contributed by atoms with Gasteiger partial charge in [-0.2, -0.15) is 0 Å². The topological polar surface area (TPSA) is 58.6 Å². The van der Waals surface area contributed by atoms with Gasteiger partial charge in [-0.3, -0.25) is 14.5 Å². The molecule has 0 unspecified atom stereocenters. The molecule has 0 aliphatic carbocycles. The van der Waals surface area contributed by atoms with Gasteiger partial charge in [0.2, 0.25) is 5.91 Å². The third-order valence-electron chi connectivity index (χ3n) is 3.65. The SMILES string of the molecule is Cc1c(Cl)cccc1NC(=O)CN1C(=O)COc2ccccc21. The molecule has 1 N–H and O–H groups in total. The Morgan fingerprint density at radius 3 is 2.87 bits per heavy atom. The van der Waals surface area contributed by atoms with Gasteiger partial charge in [0.15, 0.2) is 6.61 Å². The maximum atomic E-state index is 12.3. The van der Waals surface area contributed by atoms with Crippen LogP contribution in [0.2, 0.25) is 5.02 Å². The fourth-order valence-corrected chi connectivity index (χ4v) is 2.58. The lowest BCUT2D eigenvalue weighted by Gasteiger charge is -2.28. The molecule has 0 fully saturated rings. The van der Waals surface area contributed by atoms with Crippen molar-refractivity contribution >= 4 is 34.8 Å². The minimum absolute atomic E-state index is 0.0690. The van der Waals surface area contributed by atoms with Crippen LogP contribution < -0.4 is 15.0 Å². The molecule has 0 saturated heterocycles. The summed E-state index contributed by atoms with van der Waals surface area (Å²) in [4.78, 5) is 25.8. The third-order valence-corrected chi connectivity index (χ3v) is 4.06. The third kappa shape index (κ3) is 3.14. The van der Waals surface area contributed by atoms with E-state index in [4.69, 9.17) is 16.3 Å². The summed E-state index contributed by atoms with van der Waals surface area (Å²) >= 11 is 6.05. The number of rotatable bonds is 3. The lowest BCUT2D eigenvalue weighted by atomic mass is 10.2. The highest BCUT2D eigenvalue weighted by Gasteiger charge is 2.27. The monoisotopic (exact) mass is 330 g/mol. The Morgan fingerprint density at radius 2 is 2.04 bits per heavy atom. The average molecular weight is 331 g/mol. The number of fused-ring (bicyclic) bond motifs is 1. The Kier molecular flexibility index (Phi) is 4.21. The van der Waals surface area contributed by atoms with Gasteiger partial charge < -0.3 is 10.1 Å². The highest BCUT2D eigenvalue weighted by molar-refractivity contribution is 6.31. The molecule has 3 rings (SSSR count). The number of anilines is 2. The van der Waals surface area contributed by atoms with E-state index < -0.39 is 0 Å². The van der Waals surface area contributed by atoms with Gasteiger partial charge in [-0.1, -0.05) is 29.8 Å². The first kappa shape index (κ1) is 15.4. The second kappa shape index (κ2) is 6.30. The number of ether oxygens (including phenoxy) is 1. The maximum Gasteiger partial charge on any atom is 0.265 e. The number of nitrogens with zero attached hydrogens (tertiary/aromatic N) is 1. The molecule has 0 atom stereocenters. The number of hydrogen-bond acceptors (Lipinski definition) is 3. The van der Waals surface area contributed by atoms with E-state index in [9.17, 15) is 9.59 Å². The van der Waals surface area contributed by atoms with Crippen LogP contribution in [0.3, 0.4) is 0 Å². The molecule has 0 spiro atoms. The first-order chi connectivity index (χ1) is 11.1. The molecular weight excluding hydrogens is 316 g/mol. The van der Waals surface area contributed by atoms with Crippen molar-refractivity contribution in [1.29, 1.82) is 0 Å². The molecule has 0 bridgehead atoms. The molecule has 1 heterocycles. The van der Waals surface area contributed by atoms with E-state index in [0.29, 0.717) is 22.1 Å². The van der Waals surface area contributed by atoms with Crippen molar-refractivity contribution in [3.8, 4) is 5.75 Å². The van der Waals surface area contributed by atoms with Gasteiger partial charge in [0.1, 0.15) is 12.3 Å². The summed E-state index contributed by atoms with van der Waals surface area (Å²) in [6.07, 6.45) is 0. The maximum absolute atomic E-state index is 12.3. The summed E-state index contributed by atoms with van der Waals surface area (Å²) < 4.78 is 5.36. The lowest BCUT2D eigenvalue weighted by Crippen LogP contribution is -2.43. The van der Waals surface area contributed by atoms with Crippen LogP contribution >= 0.6 is 11.6 Å². The number of benzene rings is 2. The van der Waals surface area contributed by atoms with Crippen molar-refractivity contribution in [2.75, 3.05) is 23.4 Å². The van der Waals surface area contributed by atoms with Crippen LogP contribution in [-0.2, 0) is 9.59 Å². The Balaban J connectivity index is 1.78. The van der Waals surface area contributed by atoms with Crippen molar-refractivity contribution in [3.05, 3.63) is 53.1 Å². The summed E-state index contributed by atoms with van der Waals surface area (Å²) in [6.45, 7) is 1.68. The number of para-hydroxylation sites is 2. The van der Waals surface area contributed by atoms with Crippen molar-refractivity contribution in [3.63, 3.8) is 0 Å². The van der Waals surface area contributed by atoms with E-state index in [0.717, 1.165) is 5.56 Å². The highest BCUT2D eigenvalue weighted by Crippen LogP contribution is 2.31. The number of halogens is 1. The second-order valence-electron chi connectivity index (χ2n) is 5.20. The Hall–Kier alpha value is -2.53. The van der Waals surface area contributed by atoms with Crippen LogP contribution in [0.5, 0.6) is 5.75 Å². The van der Waals surface area contributed by atoms with E-state index in [-0.39, 0.29) is 25.0 Å². The second-order valence-corrected chi connectivity index (χ2v) is 5.60. The predicted octanol–water partition coefficient (Wildman–Crippen LogP) is 3.01. The zero-order valence-electron chi connectivity index (χ0n) is 12.5. The number of nitrogens with one attached hydrogen (secondary N) is 1. The van der Waals surface area contributed by atoms with Gasteiger partial charge >= 0.3 is 0 Å². The minimum atomic E-state index is -0.291. The molecule has 118 valence electrons. The number of carbonyl (C=O) groups excluding carboxylic acids is 2. The van der Waals surface area contributed by atoms with E-state index in [1.807, 2.05) is 13.0 Å². The van der Waals surface area contributed by atoms with Crippen LogP contribution in [-0.4, -0.2) is 25.0 Å². The molecule has 1 aliphatic heterocycles. The summed E-state index contributed by atoms with van der Waals surface area (Å²) in [5.41, 5.74) is 2.02. The van der Waals surface area contributed by atoms with Gasteiger partial charge in [0.25, 0.3) is 5.91 Å². The molecule has 2 aromatic rings. The van der Waals surface area contributed by atoms with Gasteiger partial charge in [0, 0.05) is 10.7 Å². The number of hydrogen-bond donors (Lipinski definition) is 1. The molecule has 2 amide bonds. The molecule has 1 aliphatic rings. The molecular formula is C17H15ClN2O3. The first-order valence-corrected chi connectivity index (χ1v) is 7.51. The fraction of sp³-hybridized carbons (Fsp3) is 0.176. The van der Waals surface area contributed by atoms with Gasteiger partial charge in [-0.15, -0.1) is 0 Å². The van der Waals surface area contributed by atoms with Crippen LogP contribution in [0.4, 0.5) is 11.4 Å². The summed E-state index contributed by atoms with van der Waals surface area (Å²) in [5, 5.41) is 3.37. The summed E-state index contributed by atoms with van der Waals surface area (Å²) in [6, 6.07) is 12.4. The molecule has 6 heteroatoms. The molecule has 2 aromatic carbocycles. The Bertz CT molecular complexity index is 776. The van der Waals surface area contributed by atoms with E-state index in [2.05, 4.69) is 5.32 Å². The van der Waals surface area contributed by atoms with Crippen LogP contribution in [0, 0.1) is 6.92 Å². The molecule has 23 heavy (non-hydrogen) atoms. The van der Waals surface area contributed by atoms with Crippen molar-refractivity contribution < 1.29 is 14.3 Å². The summed E-state index contributed by atoms with van der Waals surface area (Å²) in [7, 11) is 0. The zero-order chi connectivity index (χ0) is 16.4. The standard InChI is InChI=1S/C17H15ClN2O3/c1-11-12(18)5-4-6-13(11)19-16(21)9-20-14-7-2-3-8-15(14)23-10-17(20)22/h2-8H,9-10H2,1H3,(H,19,21). The number of amides is 2. The molecule has 0 saturated carbocycles. The van der Waals surface area contributed by atoms with Gasteiger partial charge in [-0.05, 0) is 36.8 Å². The smallest absolute Gasteiger partial charge is 0.265 e. The van der Waals surface area contributed by atoms with Crippen molar-refractivity contribution in [2.45, 2.75) is 6.92 Å². The highest BCUT2D eigenvalue weighted by atomic mass is 35.5. The normalized spacial score (nSPS) is 13.3. The largest absolute Gasteiger partial charge is 0.482 e. The van der Waals surface area contributed by atoms with Crippen molar-refractivity contribution in [2.24, 2.45) is 0 Å². The predicted molar refractivity (Wildman–Crippen MR) is 89.1 cm³/mol.